The number of carbonyl (C=O) groups is 2. The Morgan fingerprint density at radius 1 is 0.913 bits per heavy atom. The average molecular weight is 314 g/mol. The fraction of sp³-hybridized carbons (Fsp3) is 0.222. The third-order valence-corrected chi connectivity index (χ3v) is 3.24. The Hall–Kier alpha value is -2.82. The van der Waals surface area contributed by atoms with Gasteiger partial charge in [0.2, 0.25) is 0 Å². The molecule has 0 amide bonds. The predicted octanol–water partition coefficient (Wildman–Crippen LogP) is 3.41. The number of benzene rings is 2. The van der Waals surface area contributed by atoms with Crippen molar-refractivity contribution in [1.82, 2.24) is 0 Å². The molecule has 0 atom stereocenters. The van der Waals surface area contributed by atoms with Gasteiger partial charge in [-0.15, -0.1) is 0 Å². The van der Waals surface area contributed by atoms with Crippen LogP contribution in [0.25, 0.3) is 11.1 Å². The first-order valence-electron chi connectivity index (χ1n) is 7.35. The van der Waals surface area contributed by atoms with Crippen molar-refractivity contribution in [3.8, 4) is 16.9 Å². The number of carbonyl (C=O) groups excluding carboxylic acids is 2. The SMILES string of the molecule is CCOC(=O)c1ccc(-c2ccccc2)c(C(=O)OCC)c1O. The minimum atomic E-state index is -0.685. The second-order valence-corrected chi connectivity index (χ2v) is 4.69. The van der Waals surface area contributed by atoms with Gasteiger partial charge in [-0.2, -0.15) is 0 Å². The molecule has 0 aliphatic rings. The van der Waals surface area contributed by atoms with Gasteiger partial charge in [-0.05, 0) is 31.0 Å². The molecule has 0 radical (unpaired) electrons. The van der Waals surface area contributed by atoms with Gasteiger partial charge in [-0.1, -0.05) is 36.4 Å². The lowest BCUT2D eigenvalue weighted by Crippen LogP contribution is -2.11. The van der Waals surface area contributed by atoms with Crippen LogP contribution in [-0.4, -0.2) is 30.3 Å². The molecule has 1 N–H and O–H groups in total. The van der Waals surface area contributed by atoms with Crippen LogP contribution in [0.2, 0.25) is 0 Å². The number of hydrogen-bond donors (Lipinski definition) is 1. The zero-order chi connectivity index (χ0) is 16.8. The summed E-state index contributed by atoms with van der Waals surface area (Å²) in [6, 6.07) is 12.1. The highest BCUT2D eigenvalue weighted by Crippen LogP contribution is 2.34. The second kappa shape index (κ2) is 7.45. The van der Waals surface area contributed by atoms with E-state index in [-0.39, 0.29) is 24.3 Å². The molecule has 0 heterocycles. The van der Waals surface area contributed by atoms with E-state index in [1.165, 1.54) is 6.07 Å². The van der Waals surface area contributed by atoms with Gasteiger partial charge in [0.25, 0.3) is 0 Å². The van der Waals surface area contributed by atoms with Crippen molar-refractivity contribution in [1.29, 1.82) is 0 Å². The number of phenols is 1. The molecule has 0 bridgehead atoms. The van der Waals surface area contributed by atoms with Crippen LogP contribution in [0, 0.1) is 0 Å². The van der Waals surface area contributed by atoms with Crippen LogP contribution < -0.4 is 0 Å². The first-order valence-corrected chi connectivity index (χ1v) is 7.35. The highest BCUT2D eigenvalue weighted by atomic mass is 16.5. The van der Waals surface area contributed by atoms with E-state index in [0.717, 1.165) is 5.56 Å². The third-order valence-electron chi connectivity index (χ3n) is 3.24. The monoisotopic (exact) mass is 314 g/mol. The highest BCUT2D eigenvalue weighted by molar-refractivity contribution is 6.05. The minimum absolute atomic E-state index is 0.0383. The predicted molar refractivity (Wildman–Crippen MR) is 85.5 cm³/mol. The van der Waals surface area contributed by atoms with Gasteiger partial charge < -0.3 is 14.6 Å². The zero-order valence-corrected chi connectivity index (χ0v) is 13.0. The summed E-state index contributed by atoms with van der Waals surface area (Å²) in [6.45, 7) is 3.68. The van der Waals surface area contributed by atoms with Crippen molar-refractivity contribution in [2.24, 2.45) is 0 Å². The van der Waals surface area contributed by atoms with Gasteiger partial charge in [0.05, 0.1) is 13.2 Å². The summed E-state index contributed by atoms with van der Waals surface area (Å²) < 4.78 is 9.91. The molecular formula is C18H18O5. The van der Waals surface area contributed by atoms with Crippen LogP contribution in [0.5, 0.6) is 5.75 Å². The molecule has 2 aromatic rings. The van der Waals surface area contributed by atoms with Crippen LogP contribution in [-0.2, 0) is 9.47 Å². The maximum atomic E-state index is 12.3. The van der Waals surface area contributed by atoms with Crippen molar-refractivity contribution < 1.29 is 24.2 Å². The summed E-state index contributed by atoms with van der Waals surface area (Å²) in [5, 5.41) is 10.4. The number of hydrogen-bond acceptors (Lipinski definition) is 5. The molecule has 0 saturated heterocycles. The smallest absolute Gasteiger partial charge is 0.342 e. The number of esters is 2. The molecule has 0 fully saturated rings. The Bertz CT molecular complexity index is 707. The van der Waals surface area contributed by atoms with Gasteiger partial charge >= 0.3 is 11.9 Å². The van der Waals surface area contributed by atoms with Crippen molar-refractivity contribution >= 4 is 11.9 Å². The molecule has 5 heteroatoms. The maximum Gasteiger partial charge on any atom is 0.342 e. The maximum absolute atomic E-state index is 12.3. The lowest BCUT2D eigenvalue weighted by molar-refractivity contribution is 0.0519. The Balaban J connectivity index is 2.62. The van der Waals surface area contributed by atoms with E-state index in [0.29, 0.717) is 5.56 Å². The summed E-state index contributed by atoms with van der Waals surface area (Å²) >= 11 is 0. The van der Waals surface area contributed by atoms with Gasteiger partial charge in [0, 0.05) is 0 Å². The third kappa shape index (κ3) is 3.51. The summed E-state index contributed by atoms with van der Waals surface area (Å²) in [6.07, 6.45) is 0. The van der Waals surface area contributed by atoms with E-state index < -0.39 is 17.7 Å². The largest absolute Gasteiger partial charge is 0.506 e. The summed E-state index contributed by atoms with van der Waals surface area (Å²) in [5.74, 6) is -1.80. The van der Waals surface area contributed by atoms with Crippen molar-refractivity contribution in [3.05, 3.63) is 53.6 Å². The second-order valence-electron chi connectivity index (χ2n) is 4.69. The summed E-state index contributed by atoms with van der Waals surface area (Å²) in [5.41, 5.74) is 1.13. The average Bonchev–Trinajstić information content (AvgIpc) is 2.55. The molecule has 0 aliphatic carbocycles. The van der Waals surface area contributed by atoms with Gasteiger partial charge in [-0.3, -0.25) is 0 Å². The van der Waals surface area contributed by atoms with Crippen LogP contribution in [0.3, 0.4) is 0 Å². The van der Waals surface area contributed by atoms with Gasteiger partial charge in [0.1, 0.15) is 16.9 Å². The summed E-state index contributed by atoms with van der Waals surface area (Å²) in [7, 11) is 0. The fourth-order valence-electron chi connectivity index (χ4n) is 2.23. The standard InChI is InChI=1S/C18H18O5/c1-3-22-17(20)14-11-10-13(12-8-6-5-7-9-12)15(16(14)19)18(21)23-4-2/h5-11,19H,3-4H2,1-2H3. The molecule has 2 rings (SSSR count). The van der Waals surface area contributed by atoms with Crippen molar-refractivity contribution in [3.63, 3.8) is 0 Å². The van der Waals surface area contributed by atoms with Crippen molar-refractivity contribution in [2.45, 2.75) is 13.8 Å². The number of rotatable bonds is 5. The first-order chi connectivity index (χ1) is 11.1. The van der Waals surface area contributed by atoms with E-state index in [1.807, 2.05) is 30.3 Å². The molecule has 2 aromatic carbocycles. The quantitative estimate of drug-likeness (QED) is 0.856. The Morgan fingerprint density at radius 2 is 1.52 bits per heavy atom. The minimum Gasteiger partial charge on any atom is -0.506 e. The number of ether oxygens (including phenoxy) is 2. The van der Waals surface area contributed by atoms with Crippen LogP contribution in [0.4, 0.5) is 0 Å². The van der Waals surface area contributed by atoms with E-state index in [2.05, 4.69) is 0 Å². The molecule has 0 aromatic heterocycles. The highest BCUT2D eigenvalue weighted by Gasteiger charge is 2.24. The number of aromatic hydroxyl groups is 1. The number of phenolic OH excluding ortho intramolecular Hbond substituents is 1. The van der Waals surface area contributed by atoms with Crippen LogP contribution in [0.15, 0.2) is 42.5 Å². The van der Waals surface area contributed by atoms with E-state index in [1.54, 1.807) is 19.9 Å². The lowest BCUT2D eigenvalue weighted by Gasteiger charge is -2.13. The molecule has 0 spiro atoms. The van der Waals surface area contributed by atoms with E-state index >= 15 is 0 Å². The van der Waals surface area contributed by atoms with E-state index in [9.17, 15) is 14.7 Å². The molecule has 0 aliphatic heterocycles. The van der Waals surface area contributed by atoms with Crippen LogP contribution in [0.1, 0.15) is 34.6 Å². The Labute approximate surface area is 134 Å². The molecule has 0 unspecified atom stereocenters. The van der Waals surface area contributed by atoms with Crippen molar-refractivity contribution in [2.75, 3.05) is 13.2 Å². The fourth-order valence-corrected chi connectivity index (χ4v) is 2.23. The summed E-state index contributed by atoms with van der Waals surface area (Å²) in [4.78, 5) is 24.2. The Kier molecular flexibility index (Phi) is 5.36. The van der Waals surface area contributed by atoms with Gasteiger partial charge in [0.15, 0.2) is 0 Å². The zero-order valence-electron chi connectivity index (χ0n) is 13.0. The van der Waals surface area contributed by atoms with Gasteiger partial charge in [-0.25, -0.2) is 9.59 Å². The molecule has 5 nitrogen and oxygen atoms in total. The molecule has 0 saturated carbocycles. The molecule has 23 heavy (non-hydrogen) atoms. The topological polar surface area (TPSA) is 72.8 Å². The normalized spacial score (nSPS) is 10.2. The first kappa shape index (κ1) is 16.5. The molecular weight excluding hydrogens is 296 g/mol. The van der Waals surface area contributed by atoms with Crippen LogP contribution >= 0.6 is 0 Å². The molecule has 120 valence electrons. The van der Waals surface area contributed by atoms with E-state index in [4.69, 9.17) is 9.47 Å². The lowest BCUT2D eigenvalue weighted by atomic mass is 9.96. The Morgan fingerprint density at radius 3 is 2.13 bits per heavy atom.